The summed E-state index contributed by atoms with van der Waals surface area (Å²) in [6.45, 7) is 0. The van der Waals surface area contributed by atoms with E-state index in [2.05, 4.69) is 27.3 Å². The van der Waals surface area contributed by atoms with Crippen LogP contribution in [0.25, 0.3) is 0 Å². The lowest BCUT2D eigenvalue weighted by molar-refractivity contribution is 0.489. The molecule has 15 heavy (non-hydrogen) atoms. The fourth-order valence-electron chi connectivity index (χ4n) is 1.35. The van der Waals surface area contributed by atoms with Crippen molar-refractivity contribution >= 4 is 15.9 Å². The lowest BCUT2D eigenvalue weighted by atomic mass is 10.0. The molecule has 1 aromatic carbocycles. The Morgan fingerprint density at radius 1 is 1.60 bits per heavy atom. The van der Waals surface area contributed by atoms with Crippen LogP contribution >= 0.6 is 15.9 Å². The summed E-state index contributed by atoms with van der Waals surface area (Å²) in [5, 5.41) is 0. The largest absolute Gasteiger partial charge is 0.271 e. The van der Waals surface area contributed by atoms with Gasteiger partial charge in [0.2, 0.25) is 0 Å². The SMILES string of the molecule is C#CCCC(NN)c1cccc(Br)c1F. The zero-order valence-corrected chi connectivity index (χ0v) is 9.72. The van der Waals surface area contributed by atoms with E-state index >= 15 is 0 Å². The van der Waals surface area contributed by atoms with Crippen molar-refractivity contribution in [1.29, 1.82) is 0 Å². The Bertz CT molecular complexity index is 373. The molecule has 3 N–H and O–H groups in total. The molecule has 0 bridgehead atoms. The van der Waals surface area contributed by atoms with Crippen LogP contribution < -0.4 is 11.3 Å². The number of hydrogen-bond acceptors (Lipinski definition) is 2. The summed E-state index contributed by atoms with van der Waals surface area (Å²) >= 11 is 3.13. The van der Waals surface area contributed by atoms with Gasteiger partial charge in [-0.15, -0.1) is 12.3 Å². The average Bonchev–Trinajstić information content (AvgIpc) is 2.25. The minimum atomic E-state index is -0.294. The Morgan fingerprint density at radius 3 is 2.93 bits per heavy atom. The molecule has 0 fully saturated rings. The second kappa shape index (κ2) is 5.86. The Labute approximate surface area is 97.1 Å². The van der Waals surface area contributed by atoms with E-state index in [0.29, 0.717) is 22.9 Å². The molecule has 0 saturated heterocycles. The summed E-state index contributed by atoms with van der Waals surface area (Å²) in [5.74, 6) is 7.58. The molecular weight excluding hydrogens is 259 g/mol. The number of hydrazine groups is 1. The van der Waals surface area contributed by atoms with Crippen molar-refractivity contribution < 1.29 is 4.39 Å². The Kier molecular flexibility index (Phi) is 4.76. The lowest BCUT2D eigenvalue weighted by Crippen LogP contribution is -2.28. The first-order valence-electron chi connectivity index (χ1n) is 4.54. The average molecular weight is 271 g/mol. The minimum Gasteiger partial charge on any atom is -0.271 e. The molecule has 0 spiro atoms. The third kappa shape index (κ3) is 3.03. The monoisotopic (exact) mass is 270 g/mol. The van der Waals surface area contributed by atoms with Crippen molar-refractivity contribution in [1.82, 2.24) is 5.43 Å². The van der Waals surface area contributed by atoms with Gasteiger partial charge in [0, 0.05) is 18.0 Å². The summed E-state index contributed by atoms with van der Waals surface area (Å²) in [4.78, 5) is 0. The number of nitrogens with two attached hydrogens (primary N) is 1. The third-order valence-electron chi connectivity index (χ3n) is 2.14. The minimum absolute atomic E-state index is 0.251. The van der Waals surface area contributed by atoms with Gasteiger partial charge in [-0.1, -0.05) is 12.1 Å². The lowest BCUT2D eigenvalue weighted by Gasteiger charge is -2.16. The molecule has 0 radical (unpaired) electrons. The highest BCUT2D eigenvalue weighted by Gasteiger charge is 2.15. The highest BCUT2D eigenvalue weighted by atomic mass is 79.9. The maximum atomic E-state index is 13.7. The van der Waals surface area contributed by atoms with E-state index in [1.807, 2.05) is 0 Å². The number of benzene rings is 1. The Morgan fingerprint density at radius 2 is 2.33 bits per heavy atom. The zero-order valence-electron chi connectivity index (χ0n) is 8.13. The van der Waals surface area contributed by atoms with Gasteiger partial charge in [-0.3, -0.25) is 11.3 Å². The Balaban J connectivity index is 2.92. The fourth-order valence-corrected chi connectivity index (χ4v) is 1.73. The molecule has 0 heterocycles. The number of nitrogens with one attached hydrogen (secondary N) is 1. The van der Waals surface area contributed by atoms with E-state index in [1.165, 1.54) is 0 Å². The van der Waals surface area contributed by atoms with Crippen LogP contribution in [0.4, 0.5) is 4.39 Å². The van der Waals surface area contributed by atoms with E-state index in [1.54, 1.807) is 18.2 Å². The van der Waals surface area contributed by atoms with Crippen molar-refractivity contribution in [3.05, 3.63) is 34.1 Å². The van der Waals surface area contributed by atoms with Gasteiger partial charge in [0.05, 0.1) is 4.47 Å². The predicted octanol–water partition coefficient (Wildman–Crippen LogP) is 2.51. The molecule has 2 nitrogen and oxygen atoms in total. The fraction of sp³-hybridized carbons (Fsp3) is 0.273. The number of rotatable bonds is 4. The van der Waals surface area contributed by atoms with Crippen molar-refractivity contribution in [3.8, 4) is 12.3 Å². The molecule has 0 aliphatic rings. The quantitative estimate of drug-likeness (QED) is 0.501. The van der Waals surface area contributed by atoms with Crippen LogP contribution in [0, 0.1) is 18.2 Å². The third-order valence-corrected chi connectivity index (χ3v) is 2.75. The van der Waals surface area contributed by atoms with E-state index in [9.17, 15) is 4.39 Å². The van der Waals surface area contributed by atoms with E-state index in [-0.39, 0.29) is 11.9 Å². The molecule has 1 aromatic rings. The van der Waals surface area contributed by atoms with Crippen molar-refractivity contribution in [2.24, 2.45) is 5.84 Å². The first kappa shape index (κ1) is 12.2. The predicted molar refractivity (Wildman–Crippen MR) is 62.2 cm³/mol. The topological polar surface area (TPSA) is 38.0 Å². The van der Waals surface area contributed by atoms with Crippen LogP contribution in [0.3, 0.4) is 0 Å². The molecule has 1 rings (SSSR count). The summed E-state index contributed by atoms with van der Waals surface area (Å²) in [7, 11) is 0. The standard InChI is InChI=1S/C11H12BrFN2/c1-2-3-7-10(15-14)8-5-4-6-9(12)11(8)13/h1,4-6,10,15H,3,7,14H2. The first-order chi connectivity index (χ1) is 7.20. The molecular formula is C11H12BrFN2. The summed E-state index contributed by atoms with van der Waals surface area (Å²) in [6.07, 6.45) is 6.32. The normalized spacial score (nSPS) is 12.1. The maximum Gasteiger partial charge on any atom is 0.142 e. The first-order valence-corrected chi connectivity index (χ1v) is 5.33. The van der Waals surface area contributed by atoms with Gasteiger partial charge >= 0.3 is 0 Å². The van der Waals surface area contributed by atoms with E-state index in [0.717, 1.165) is 0 Å². The number of terminal acetylenes is 1. The molecule has 1 atom stereocenters. The highest BCUT2D eigenvalue weighted by Crippen LogP contribution is 2.25. The van der Waals surface area contributed by atoms with Gasteiger partial charge < -0.3 is 0 Å². The smallest absolute Gasteiger partial charge is 0.142 e. The zero-order chi connectivity index (χ0) is 11.3. The van der Waals surface area contributed by atoms with E-state index < -0.39 is 0 Å². The maximum absolute atomic E-state index is 13.7. The van der Waals surface area contributed by atoms with Crippen molar-refractivity contribution in [2.45, 2.75) is 18.9 Å². The number of hydrogen-bond donors (Lipinski definition) is 2. The van der Waals surface area contributed by atoms with Crippen LogP contribution in [0.5, 0.6) is 0 Å². The Hall–Kier alpha value is -0.890. The summed E-state index contributed by atoms with van der Waals surface area (Å²) in [5.41, 5.74) is 3.09. The van der Waals surface area contributed by atoms with Crippen LogP contribution in [0.1, 0.15) is 24.4 Å². The number of halogens is 2. The molecule has 0 amide bonds. The second-order valence-corrected chi connectivity index (χ2v) is 3.96. The van der Waals surface area contributed by atoms with Gasteiger partial charge in [0.25, 0.3) is 0 Å². The van der Waals surface area contributed by atoms with Crippen molar-refractivity contribution in [3.63, 3.8) is 0 Å². The van der Waals surface area contributed by atoms with Crippen LogP contribution in [-0.4, -0.2) is 0 Å². The molecule has 1 unspecified atom stereocenters. The van der Waals surface area contributed by atoms with Crippen LogP contribution in [-0.2, 0) is 0 Å². The van der Waals surface area contributed by atoms with Gasteiger partial charge in [0.15, 0.2) is 0 Å². The molecule has 80 valence electrons. The van der Waals surface area contributed by atoms with Gasteiger partial charge in [0.1, 0.15) is 5.82 Å². The van der Waals surface area contributed by atoms with Crippen LogP contribution in [0.15, 0.2) is 22.7 Å². The molecule has 4 heteroatoms. The second-order valence-electron chi connectivity index (χ2n) is 3.11. The van der Waals surface area contributed by atoms with Crippen LogP contribution in [0.2, 0.25) is 0 Å². The van der Waals surface area contributed by atoms with Gasteiger partial charge in [-0.25, -0.2) is 4.39 Å². The van der Waals surface area contributed by atoms with Gasteiger partial charge in [-0.05, 0) is 28.4 Å². The molecule has 0 aliphatic carbocycles. The molecule has 0 saturated carbocycles. The van der Waals surface area contributed by atoms with Crippen molar-refractivity contribution in [2.75, 3.05) is 0 Å². The highest BCUT2D eigenvalue weighted by molar-refractivity contribution is 9.10. The van der Waals surface area contributed by atoms with E-state index in [4.69, 9.17) is 12.3 Å². The summed E-state index contributed by atoms with van der Waals surface area (Å²) in [6, 6.07) is 4.86. The molecule has 0 aromatic heterocycles. The van der Waals surface area contributed by atoms with Gasteiger partial charge in [-0.2, -0.15) is 0 Å². The molecule has 0 aliphatic heterocycles. The summed E-state index contributed by atoms with van der Waals surface area (Å²) < 4.78 is 14.1.